The van der Waals surface area contributed by atoms with Gasteiger partial charge in [-0.1, -0.05) is 36.4 Å². The summed E-state index contributed by atoms with van der Waals surface area (Å²) in [7, 11) is 5.79. The van der Waals surface area contributed by atoms with Gasteiger partial charge in [0.2, 0.25) is 0 Å². The Kier molecular flexibility index (Phi) is 3.77. The Morgan fingerprint density at radius 3 is 1.96 bits per heavy atom. The van der Waals surface area contributed by atoms with Gasteiger partial charge in [-0.2, -0.15) is 0 Å². The number of hydrogen-bond acceptors (Lipinski definition) is 3. The van der Waals surface area contributed by atoms with Gasteiger partial charge in [-0.25, -0.2) is 4.98 Å². The Hall–Kier alpha value is -3.07. The zero-order valence-electron chi connectivity index (χ0n) is 14.7. The molecule has 3 aromatic carbocycles. The summed E-state index contributed by atoms with van der Waals surface area (Å²) in [5.41, 5.74) is 5.36. The van der Waals surface area contributed by atoms with Gasteiger partial charge in [0.05, 0.1) is 18.1 Å². The molecule has 0 atom stereocenters. The minimum atomic E-state index is 0.868. The number of rotatable bonds is 3. The third-order valence-corrected chi connectivity index (χ3v) is 4.56. The van der Waals surface area contributed by atoms with Gasteiger partial charge in [0.25, 0.3) is 0 Å². The van der Waals surface area contributed by atoms with Crippen LogP contribution in [0, 0.1) is 0 Å². The third kappa shape index (κ3) is 2.58. The van der Waals surface area contributed by atoms with Gasteiger partial charge >= 0.3 is 0 Å². The predicted molar refractivity (Wildman–Crippen MR) is 106 cm³/mol. The van der Waals surface area contributed by atoms with Gasteiger partial charge in [0, 0.05) is 47.7 Å². The van der Waals surface area contributed by atoms with Crippen LogP contribution in [0.1, 0.15) is 0 Å². The Balaban J connectivity index is 2.12. The van der Waals surface area contributed by atoms with E-state index in [1.54, 1.807) is 7.11 Å². The molecule has 124 valence electrons. The molecule has 4 rings (SSSR count). The summed E-state index contributed by atoms with van der Waals surface area (Å²) in [5, 5.41) is 2.27. The smallest absolute Gasteiger partial charge is 0.128 e. The van der Waals surface area contributed by atoms with Crippen LogP contribution in [-0.2, 0) is 0 Å². The quantitative estimate of drug-likeness (QED) is 0.488. The number of para-hydroxylation sites is 2. The first kappa shape index (κ1) is 15.5. The molecule has 25 heavy (non-hydrogen) atoms. The van der Waals surface area contributed by atoms with Gasteiger partial charge in [0.15, 0.2) is 0 Å². The number of aromatic nitrogens is 1. The summed E-state index contributed by atoms with van der Waals surface area (Å²) in [6.07, 6.45) is 0. The van der Waals surface area contributed by atoms with Gasteiger partial charge in [0.1, 0.15) is 5.75 Å². The van der Waals surface area contributed by atoms with Crippen molar-refractivity contribution in [3.8, 4) is 16.9 Å². The van der Waals surface area contributed by atoms with E-state index in [1.807, 2.05) is 26.2 Å². The molecule has 0 bridgehead atoms. The summed E-state index contributed by atoms with van der Waals surface area (Å²) < 4.78 is 5.74. The van der Waals surface area contributed by atoms with Gasteiger partial charge in [-0.15, -0.1) is 0 Å². The van der Waals surface area contributed by atoms with E-state index in [9.17, 15) is 0 Å². The topological polar surface area (TPSA) is 25.4 Å². The lowest BCUT2D eigenvalue weighted by Gasteiger charge is -2.18. The van der Waals surface area contributed by atoms with Crippen LogP contribution in [0.15, 0.2) is 66.7 Å². The SMILES string of the molecule is COc1cc(N(C)C)ccc1-c1c2ccccc2nc2ccccc12. The fourth-order valence-corrected chi connectivity index (χ4v) is 3.29. The fraction of sp³-hybridized carbons (Fsp3) is 0.136. The van der Waals surface area contributed by atoms with Crippen LogP contribution < -0.4 is 9.64 Å². The molecule has 3 heteroatoms. The molecule has 0 amide bonds. The predicted octanol–water partition coefficient (Wildman–Crippen LogP) is 5.13. The number of hydrogen-bond donors (Lipinski definition) is 0. The highest BCUT2D eigenvalue weighted by Gasteiger charge is 2.15. The molecule has 0 aliphatic heterocycles. The van der Waals surface area contributed by atoms with E-state index < -0.39 is 0 Å². The van der Waals surface area contributed by atoms with Crippen LogP contribution in [0.25, 0.3) is 32.9 Å². The number of anilines is 1. The van der Waals surface area contributed by atoms with E-state index in [0.717, 1.165) is 38.8 Å². The molecular formula is C22H20N2O. The normalized spacial score (nSPS) is 11.0. The zero-order valence-corrected chi connectivity index (χ0v) is 14.7. The Morgan fingerprint density at radius 1 is 0.800 bits per heavy atom. The maximum Gasteiger partial charge on any atom is 0.128 e. The van der Waals surface area contributed by atoms with Crippen molar-refractivity contribution in [2.45, 2.75) is 0 Å². The van der Waals surface area contributed by atoms with Crippen LogP contribution >= 0.6 is 0 Å². The number of nitrogens with zero attached hydrogens (tertiary/aromatic N) is 2. The molecule has 0 aliphatic carbocycles. The van der Waals surface area contributed by atoms with Gasteiger partial charge in [-0.05, 0) is 24.3 Å². The molecule has 1 heterocycles. The second-order valence-corrected chi connectivity index (χ2v) is 6.30. The summed E-state index contributed by atoms with van der Waals surface area (Å²) in [4.78, 5) is 6.89. The Labute approximate surface area is 147 Å². The lowest BCUT2D eigenvalue weighted by molar-refractivity contribution is 0.416. The van der Waals surface area contributed by atoms with E-state index in [-0.39, 0.29) is 0 Å². The van der Waals surface area contributed by atoms with Crippen LogP contribution in [-0.4, -0.2) is 26.2 Å². The van der Waals surface area contributed by atoms with E-state index >= 15 is 0 Å². The standard InChI is InChI=1S/C22H20N2O/c1-24(2)15-12-13-18(21(14-15)25-3)22-16-8-4-6-10-19(16)23-20-11-7-5-9-17(20)22/h4-14H,1-3H3. The Morgan fingerprint density at radius 2 is 1.40 bits per heavy atom. The molecule has 0 saturated heterocycles. The minimum Gasteiger partial charge on any atom is -0.496 e. The Bertz CT molecular complexity index is 1020. The first-order valence-electron chi connectivity index (χ1n) is 8.32. The molecule has 0 spiro atoms. The molecule has 4 aromatic rings. The average molecular weight is 328 g/mol. The van der Waals surface area contributed by atoms with E-state index in [1.165, 1.54) is 5.56 Å². The molecule has 0 fully saturated rings. The lowest BCUT2D eigenvalue weighted by Crippen LogP contribution is -2.08. The van der Waals surface area contributed by atoms with Crippen molar-refractivity contribution >= 4 is 27.5 Å². The maximum absolute atomic E-state index is 5.74. The van der Waals surface area contributed by atoms with Crippen molar-refractivity contribution in [1.82, 2.24) is 4.98 Å². The van der Waals surface area contributed by atoms with Crippen molar-refractivity contribution < 1.29 is 4.74 Å². The molecule has 0 radical (unpaired) electrons. The average Bonchev–Trinajstić information content (AvgIpc) is 2.65. The van der Waals surface area contributed by atoms with Gasteiger partial charge in [-0.3, -0.25) is 0 Å². The summed E-state index contributed by atoms with van der Waals surface area (Å²) in [6.45, 7) is 0. The van der Waals surface area contributed by atoms with Crippen molar-refractivity contribution in [2.75, 3.05) is 26.1 Å². The minimum absolute atomic E-state index is 0.868. The number of ether oxygens (including phenoxy) is 1. The van der Waals surface area contributed by atoms with Crippen molar-refractivity contribution in [2.24, 2.45) is 0 Å². The van der Waals surface area contributed by atoms with Crippen molar-refractivity contribution in [3.05, 3.63) is 66.7 Å². The highest BCUT2D eigenvalue weighted by Crippen LogP contribution is 2.40. The first-order chi connectivity index (χ1) is 12.2. The molecule has 0 aliphatic rings. The fourth-order valence-electron chi connectivity index (χ4n) is 3.29. The number of methoxy groups -OCH3 is 1. The van der Waals surface area contributed by atoms with Crippen LogP contribution in [0.4, 0.5) is 5.69 Å². The molecule has 0 unspecified atom stereocenters. The number of benzene rings is 3. The summed E-state index contributed by atoms with van der Waals surface area (Å²) in [6, 6.07) is 22.9. The molecule has 0 N–H and O–H groups in total. The number of pyridine rings is 1. The molecular weight excluding hydrogens is 308 g/mol. The van der Waals surface area contributed by atoms with E-state index in [2.05, 4.69) is 59.5 Å². The van der Waals surface area contributed by atoms with Crippen LogP contribution in [0.3, 0.4) is 0 Å². The second-order valence-electron chi connectivity index (χ2n) is 6.30. The second kappa shape index (κ2) is 6.10. The summed E-state index contributed by atoms with van der Waals surface area (Å²) >= 11 is 0. The van der Waals surface area contributed by atoms with Crippen molar-refractivity contribution in [3.63, 3.8) is 0 Å². The number of fused-ring (bicyclic) bond motifs is 2. The van der Waals surface area contributed by atoms with Crippen molar-refractivity contribution in [1.29, 1.82) is 0 Å². The summed E-state index contributed by atoms with van der Waals surface area (Å²) in [5.74, 6) is 0.868. The van der Waals surface area contributed by atoms with Gasteiger partial charge < -0.3 is 9.64 Å². The van der Waals surface area contributed by atoms with E-state index in [4.69, 9.17) is 9.72 Å². The highest BCUT2D eigenvalue weighted by molar-refractivity contribution is 6.10. The zero-order chi connectivity index (χ0) is 17.4. The molecule has 0 saturated carbocycles. The highest BCUT2D eigenvalue weighted by atomic mass is 16.5. The molecule has 3 nitrogen and oxygen atoms in total. The first-order valence-corrected chi connectivity index (χ1v) is 8.32. The monoisotopic (exact) mass is 328 g/mol. The van der Waals surface area contributed by atoms with E-state index in [0.29, 0.717) is 0 Å². The molecule has 1 aromatic heterocycles. The third-order valence-electron chi connectivity index (χ3n) is 4.56. The van der Waals surface area contributed by atoms with Crippen LogP contribution in [0.2, 0.25) is 0 Å². The lowest BCUT2D eigenvalue weighted by atomic mass is 9.95. The van der Waals surface area contributed by atoms with Crippen LogP contribution in [0.5, 0.6) is 5.75 Å². The maximum atomic E-state index is 5.74. The largest absolute Gasteiger partial charge is 0.496 e.